The van der Waals surface area contributed by atoms with Crippen LogP contribution in [0.15, 0.2) is 35.2 Å². The predicted molar refractivity (Wildman–Crippen MR) is 115 cm³/mol. The topological polar surface area (TPSA) is 119 Å². The van der Waals surface area contributed by atoms with Crippen molar-refractivity contribution in [2.45, 2.75) is 76.2 Å². The third-order valence-electron chi connectivity index (χ3n) is 11.1. The van der Waals surface area contributed by atoms with Crippen molar-refractivity contribution < 1.29 is 38.4 Å². The van der Waals surface area contributed by atoms with Crippen LogP contribution in [-0.4, -0.2) is 58.1 Å². The maximum Gasteiger partial charge on any atom is 0.339 e. The number of ketones is 1. The van der Waals surface area contributed by atoms with Crippen molar-refractivity contribution in [3.8, 4) is 0 Å². The highest BCUT2D eigenvalue weighted by atomic mass is 16.7. The van der Waals surface area contributed by atoms with Crippen molar-refractivity contribution in [1.29, 1.82) is 0 Å². The van der Waals surface area contributed by atoms with Crippen LogP contribution in [0.2, 0.25) is 0 Å². The SMILES string of the molecule is CC1(C)OC[C@@]23C=CC(=O)[C@@]12[C@@H](O)[C@@H](O)[C@]1(C)[C@@H]3CC[C@@]2(C)[C@H](c3ccoc3)OC(=O)[C@H]3O[C@@]312. The molecular formula is C26H30O8. The number of allylic oxidation sites excluding steroid dienone is 1. The Kier molecular flexibility index (Phi) is 3.57. The van der Waals surface area contributed by atoms with Gasteiger partial charge in [0, 0.05) is 21.8 Å². The van der Waals surface area contributed by atoms with Gasteiger partial charge in [-0.25, -0.2) is 4.79 Å². The van der Waals surface area contributed by atoms with Crippen LogP contribution in [0.4, 0.5) is 0 Å². The van der Waals surface area contributed by atoms with Gasteiger partial charge in [0.1, 0.15) is 17.1 Å². The van der Waals surface area contributed by atoms with E-state index in [9.17, 15) is 19.8 Å². The van der Waals surface area contributed by atoms with Crippen LogP contribution >= 0.6 is 0 Å². The molecule has 34 heavy (non-hydrogen) atoms. The quantitative estimate of drug-likeness (QED) is 0.473. The van der Waals surface area contributed by atoms with Crippen LogP contribution in [0.3, 0.4) is 0 Å². The lowest BCUT2D eigenvalue weighted by Gasteiger charge is -2.68. The van der Waals surface area contributed by atoms with Gasteiger partial charge in [-0.3, -0.25) is 4.79 Å². The number of ether oxygens (including phenoxy) is 3. The molecule has 0 radical (unpaired) electrons. The Morgan fingerprint density at radius 2 is 1.82 bits per heavy atom. The summed E-state index contributed by atoms with van der Waals surface area (Å²) in [6, 6.07) is 1.79. The maximum atomic E-state index is 13.5. The molecule has 10 atom stereocenters. The van der Waals surface area contributed by atoms with Gasteiger partial charge in [0.25, 0.3) is 0 Å². The minimum atomic E-state index is -1.39. The molecule has 1 aromatic rings. The van der Waals surface area contributed by atoms with Gasteiger partial charge in [0.15, 0.2) is 11.9 Å². The smallest absolute Gasteiger partial charge is 0.339 e. The molecule has 2 saturated carbocycles. The van der Waals surface area contributed by atoms with Crippen molar-refractivity contribution in [2.24, 2.45) is 27.6 Å². The monoisotopic (exact) mass is 470 g/mol. The zero-order chi connectivity index (χ0) is 24.1. The average molecular weight is 471 g/mol. The Bertz CT molecular complexity index is 1160. The highest BCUT2D eigenvalue weighted by molar-refractivity contribution is 6.01. The van der Waals surface area contributed by atoms with Gasteiger partial charge >= 0.3 is 5.97 Å². The number of esters is 1. The molecule has 0 bridgehead atoms. The summed E-state index contributed by atoms with van der Waals surface area (Å²) in [5.41, 5.74) is -5.09. The Morgan fingerprint density at radius 1 is 1.06 bits per heavy atom. The summed E-state index contributed by atoms with van der Waals surface area (Å²) in [7, 11) is 0. The van der Waals surface area contributed by atoms with Crippen molar-refractivity contribution in [3.05, 3.63) is 36.3 Å². The van der Waals surface area contributed by atoms with Crippen LogP contribution in [0.1, 0.15) is 52.2 Å². The molecule has 1 spiro atoms. The van der Waals surface area contributed by atoms with E-state index >= 15 is 0 Å². The number of fused-ring (bicyclic) bond motifs is 1. The fraction of sp³-hybridized carbons (Fsp3) is 0.692. The Balaban J connectivity index is 1.46. The van der Waals surface area contributed by atoms with Crippen molar-refractivity contribution in [1.82, 2.24) is 0 Å². The van der Waals surface area contributed by atoms with Crippen LogP contribution in [0.5, 0.6) is 0 Å². The first-order chi connectivity index (χ1) is 16.0. The van der Waals surface area contributed by atoms with E-state index in [4.69, 9.17) is 18.6 Å². The van der Waals surface area contributed by atoms with E-state index in [0.29, 0.717) is 12.8 Å². The molecule has 3 aliphatic carbocycles. The lowest BCUT2D eigenvalue weighted by molar-refractivity contribution is -0.283. The number of furan rings is 1. The number of hydrogen-bond donors (Lipinski definition) is 2. The number of carbonyl (C=O) groups is 2. The Morgan fingerprint density at radius 3 is 2.53 bits per heavy atom. The minimum Gasteiger partial charge on any atom is -0.472 e. The van der Waals surface area contributed by atoms with Crippen molar-refractivity contribution in [2.75, 3.05) is 6.61 Å². The van der Waals surface area contributed by atoms with E-state index in [-0.39, 0.29) is 18.3 Å². The Labute approximate surface area is 197 Å². The number of hydrogen-bond acceptors (Lipinski definition) is 8. The summed E-state index contributed by atoms with van der Waals surface area (Å²) in [5, 5.41) is 23.8. The molecule has 7 rings (SSSR count). The molecule has 1 aromatic heterocycles. The third kappa shape index (κ3) is 1.72. The number of aliphatic hydroxyl groups excluding tert-OH is 2. The summed E-state index contributed by atoms with van der Waals surface area (Å²) in [5.74, 6) is -0.929. The molecule has 4 heterocycles. The van der Waals surface area contributed by atoms with Gasteiger partial charge < -0.3 is 28.8 Å². The number of carbonyl (C=O) groups excluding carboxylic acids is 2. The van der Waals surface area contributed by atoms with E-state index in [1.165, 1.54) is 0 Å². The van der Waals surface area contributed by atoms with Crippen LogP contribution in [0.25, 0.3) is 0 Å². The molecule has 0 amide bonds. The van der Waals surface area contributed by atoms with Gasteiger partial charge in [0.2, 0.25) is 0 Å². The predicted octanol–water partition coefficient (Wildman–Crippen LogP) is 2.09. The van der Waals surface area contributed by atoms with E-state index in [1.807, 2.05) is 33.8 Å². The normalized spacial score (nSPS) is 56.1. The second kappa shape index (κ2) is 5.69. The summed E-state index contributed by atoms with van der Waals surface area (Å²) in [6.45, 7) is 7.88. The fourth-order valence-corrected chi connectivity index (χ4v) is 9.71. The molecule has 5 fully saturated rings. The van der Waals surface area contributed by atoms with Crippen LogP contribution in [-0.2, 0) is 23.8 Å². The Hall–Kier alpha value is -2.00. The molecule has 182 valence electrons. The first kappa shape index (κ1) is 21.3. The van der Waals surface area contributed by atoms with Crippen molar-refractivity contribution in [3.63, 3.8) is 0 Å². The lowest BCUT2D eigenvalue weighted by atomic mass is 9.34. The number of cyclic esters (lactones) is 1. The van der Waals surface area contributed by atoms with E-state index in [0.717, 1.165) is 5.56 Å². The summed E-state index contributed by atoms with van der Waals surface area (Å²) in [6.07, 6.45) is 3.75. The summed E-state index contributed by atoms with van der Waals surface area (Å²) in [4.78, 5) is 26.6. The van der Waals surface area contributed by atoms with E-state index in [2.05, 4.69) is 0 Å². The molecule has 6 aliphatic rings. The molecule has 3 aliphatic heterocycles. The maximum absolute atomic E-state index is 13.5. The number of rotatable bonds is 1. The molecule has 3 saturated heterocycles. The molecule has 8 nitrogen and oxygen atoms in total. The van der Waals surface area contributed by atoms with Crippen LogP contribution < -0.4 is 0 Å². The zero-order valence-corrected chi connectivity index (χ0v) is 19.7. The summed E-state index contributed by atoms with van der Waals surface area (Å²) < 4.78 is 23.8. The average Bonchev–Trinajstić information content (AvgIpc) is 3.08. The fourth-order valence-electron chi connectivity index (χ4n) is 9.71. The molecule has 0 unspecified atom stereocenters. The molecule has 2 N–H and O–H groups in total. The first-order valence-corrected chi connectivity index (χ1v) is 12.1. The standard InChI is InChI=1S/C26H30O8/c1-21(2)25-15(27)6-9-24(25,12-32-21)14-5-8-22(3)18(13-7-10-31-11-13)33-20(30)19-26(22,34-19)23(14,4)16(28)17(25)29/h6-7,9-11,14,16-19,28-29H,5,8,12H2,1-4H3/t14-,16+,17-,18-,19+,22-,23-,24+,25+,26+/m0/s1. The highest BCUT2D eigenvalue weighted by Gasteiger charge is 2.92. The second-order valence-corrected chi connectivity index (χ2v) is 12.1. The minimum absolute atomic E-state index is 0.206. The molecule has 8 heteroatoms. The van der Waals surface area contributed by atoms with Gasteiger partial charge in [0.05, 0.1) is 36.9 Å². The van der Waals surface area contributed by atoms with Crippen LogP contribution in [0, 0.1) is 27.6 Å². The third-order valence-corrected chi connectivity index (χ3v) is 11.1. The van der Waals surface area contributed by atoms with Crippen molar-refractivity contribution >= 4 is 11.8 Å². The lowest BCUT2D eigenvalue weighted by Crippen LogP contribution is -2.78. The number of aliphatic hydroxyl groups is 2. The molecular weight excluding hydrogens is 440 g/mol. The molecule has 0 aromatic carbocycles. The van der Waals surface area contributed by atoms with Gasteiger partial charge in [-0.15, -0.1) is 0 Å². The van der Waals surface area contributed by atoms with E-state index in [1.54, 1.807) is 24.7 Å². The largest absolute Gasteiger partial charge is 0.472 e. The van der Waals surface area contributed by atoms with Gasteiger partial charge in [-0.1, -0.05) is 19.9 Å². The van der Waals surface area contributed by atoms with Gasteiger partial charge in [-0.2, -0.15) is 0 Å². The first-order valence-electron chi connectivity index (χ1n) is 12.1. The second-order valence-electron chi connectivity index (χ2n) is 12.1. The van der Waals surface area contributed by atoms with E-state index < -0.39 is 63.2 Å². The number of epoxide rings is 1. The van der Waals surface area contributed by atoms with Gasteiger partial charge in [-0.05, 0) is 44.7 Å². The zero-order valence-electron chi connectivity index (χ0n) is 19.7. The highest BCUT2D eigenvalue weighted by Crippen LogP contribution is 2.82. The summed E-state index contributed by atoms with van der Waals surface area (Å²) >= 11 is 0.